The molecular weight excluding hydrogens is 348 g/mol. The zero-order valence-electron chi connectivity index (χ0n) is 11.7. The fourth-order valence-corrected chi connectivity index (χ4v) is 5.17. The minimum Gasteiger partial charge on any atom is -0.310 e. The van der Waals surface area contributed by atoms with Crippen molar-refractivity contribution < 1.29 is 8.42 Å². The molecule has 0 saturated heterocycles. The van der Waals surface area contributed by atoms with Crippen LogP contribution in [0.4, 0.5) is 0 Å². The molecule has 0 saturated carbocycles. The first-order valence-electron chi connectivity index (χ1n) is 6.23. The number of hydrogen-bond donors (Lipinski definition) is 2. The van der Waals surface area contributed by atoms with E-state index in [2.05, 4.69) is 39.8 Å². The maximum atomic E-state index is 12.2. The molecule has 7 heteroatoms. The van der Waals surface area contributed by atoms with E-state index >= 15 is 0 Å². The summed E-state index contributed by atoms with van der Waals surface area (Å²) in [6.07, 6.45) is 0. The van der Waals surface area contributed by atoms with E-state index in [1.165, 1.54) is 11.3 Å². The van der Waals surface area contributed by atoms with Gasteiger partial charge in [0, 0.05) is 24.0 Å². The third-order valence-corrected chi connectivity index (χ3v) is 6.04. The fourth-order valence-electron chi connectivity index (χ4n) is 1.33. The second kappa shape index (κ2) is 7.17. The molecular formula is C12H21BrN2O2S2. The Hall–Kier alpha value is 0.0500. The minimum atomic E-state index is -3.42. The van der Waals surface area contributed by atoms with E-state index in [1.807, 2.05) is 13.8 Å². The van der Waals surface area contributed by atoms with Crippen molar-refractivity contribution in [2.75, 3.05) is 6.54 Å². The van der Waals surface area contributed by atoms with Gasteiger partial charge in [0.05, 0.1) is 3.79 Å². The van der Waals surface area contributed by atoms with Crippen LogP contribution >= 0.6 is 27.3 Å². The molecule has 0 radical (unpaired) electrons. The van der Waals surface area contributed by atoms with Crippen LogP contribution in [0.3, 0.4) is 0 Å². The van der Waals surface area contributed by atoms with Crippen LogP contribution in [0, 0.1) is 5.92 Å². The van der Waals surface area contributed by atoms with E-state index < -0.39 is 10.0 Å². The van der Waals surface area contributed by atoms with Gasteiger partial charge in [0.15, 0.2) is 0 Å². The van der Waals surface area contributed by atoms with E-state index in [0.29, 0.717) is 27.8 Å². The highest BCUT2D eigenvalue weighted by atomic mass is 79.9. The Morgan fingerprint density at radius 3 is 2.47 bits per heavy atom. The number of nitrogens with one attached hydrogen (secondary N) is 2. The van der Waals surface area contributed by atoms with Crippen LogP contribution in [0.2, 0.25) is 0 Å². The normalized spacial score (nSPS) is 12.6. The van der Waals surface area contributed by atoms with Crippen LogP contribution in [-0.4, -0.2) is 21.0 Å². The lowest BCUT2D eigenvalue weighted by atomic mass is 10.2. The lowest BCUT2D eigenvalue weighted by molar-refractivity contribution is 0.560. The Labute approximate surface area is 128 Å². The second-order valence-electron chi connectivity index (χ2n) is 5.13. The van der Waals surface area contributed by atoms with Crippen LogP contribution in [0.5, 0.6) is 0 Å². The summed E-state index contributed by atoms with van der Waals surface area (Å²) in [6, 6.07) is 2.10. The highest BCUT2D eigenvalue weighted by Gasteiger charge is 2.20. The molecule has 4 nitrogen and oxygen atoms in total. The van der Waals surface area contributed by atoms with Crippen LogP contribution in [0.15, 0.2) is 14.7 Å². The number of halogens is 1. The lowest BCUT2D eigenvalue weighted by Crippen LogP contribution is -2.27. The molecule has 110 valence electrons. The first-order valence-corrected chi connectivity index (χ1v) is 9.33. The van der Waals surface area contributed by atoms with Gasteiger partial charge in [0.25, 0.3) is 0 Å². The highest BCUT2D eigenvalue weighted by Crippen LogP contribution is 2.31. The third kappa shape index (κ3) is 5.51. The van der Waals surface area contributed by atoms with Gasteiger partial charge in [-0.3, -0.25) is 0 Å². The van der Waals surface area contributed by atoms with Crippen molar-refractivity contribution in [2.45, 2.75) is 45.2 Å². The van der Waals surface area contributed by atoms with Gasteiger partial charge in [-0.05, 0) is 27.9 Å². The summed E-state index contributed by atoms with van der Waals surface area (Å²) in [5, 5.41) is 3.28. The van der Waals surface area contributed by atoms with Crippen molar-refractivity contribution in [3.05, 3.63) is 14.7 Å². The average Bonchev–Trinajstić information content (AvgIpc) is 2.66. The summed E-state index contributed by atoms with van der Waals surface area (Å²) in [4.78, 5) is 1.34. The molecule has 0 aliphatic rings. The first-order chi connectivity index (χ1) is 8.72. The van der Waals surface area contributed by atoms with Gasteiger partial charge in [-0.1, -0.05) is 27.7 Å². The minimum absolute atomic E-state index is 0.286. The molecule has 0 aliphatic heterocycles. The van der Waals surface area contributed by atoms with Crippen molar-refractivity contribution in [1.29, 1.82) is 0 Å². The molecule has 19 heavy (non-hydrogen) atoms. The predicted octanol–water partition coefficient (Wildman–Crippen LogP) is 2.94. The SMILES string of the molecule is CC(C)CNS(=O)(=O)c1cc(CNC(C)C)sc1Br. The van der Waals surface area contributed by atoms with Gasteiger partial charge in [-0.2, -0.15) is 0 Å². The van der Waals surface area contributed by atoms with Gasteiger partial charge in [-0.25, -0.2) is 13.1 Å². The van der Waals surface area contributed by atoms with Crippen molar-refractivity contribution in [1.82, 2.24) is 10.0 Å². The van der Waals surface area contributed by atoms with E-state index in [0.717, 1.165) is 4.88 Å². The van der Waals surface area contributed by atoms with E-state index in [9.17, 15) is 8.42 Å². The van der Waals surface area contributed by atoms with E-state index in [4.69, 9.17) is 0 Å². The van der Waals surface area contributed by atoms with Crippen LogP contribution in [0.25, 0.3) is 0 Å². The third-order valence-electron chi connectivity index (χ3n) is 2.36. The topological polar surface area (TPSA) is 58.2 Å². The van der Waals surface area contributed by atoms with Gasteiger partial charge < -0.3 is 5.32 Å². The average molecular weight is 369 g/mol. The molecule has 1 aromatic rings. The van der Waals surface area contributed by atoms with Crippen molar-refractivity contribution in [3.63, 3.8) is 0 Å². The summed E-state index contributed by atoms with van der Waals surface area (Å²) in [5.74, 6) is 0.286. The zero-order valence-corrected chi connectivity index (χ0v) is 14.9. The van der Waals surface area contributed by atoms with Crippen LogP contribution < -0.4 is 10.0 Å². The maximum Gasteiger partial charge on any atom is 0.242 e. The Morgan fingerprint density at radius 1 is 1.32 bits per heavy atom. The Kier molecular flexibility index (Phi) is 6.46. The van der Waals surface area contributed by atoms with E-state index in [1.54, 1.807) is 6.07 Å². The molecule has 1 aromatic heterocycles. The molecule has 0 atom stereocenters. The molecule has 0 amide bonds. The van der Waals surface area contributed by atoms with Crippen molar-refractivity contribution >= 4 is 37.3 Å². The van der Waals surface area contributed by atoms with Gasteiger partial charge >= 0.3 is 0 Å². The Balaban J connectivity index is 2.83. The first kappa shape index (κ1) is 17.1. The zero-order chi connectivity index (χ0) is 14.6. The van der Waals surface area contributed by atoms with Crippen molar-refractivity contribution in [2.24, 2.45) is 5.92 Å². The number of rotatable bonds is 7. The second-order valence-corrected chi connectivity index (χ2v) is 9.32. The molecule has 1 rings (SSSR count). The Bertz CT molecular complexity index is 510. The number of hydrogen-bond acceptors (Lipinski definition) is 4. The molecule has 0 spiro atoms. The molecule has 2 N–H and O–H groups in total. The van der Waals surface area contributed by atoms with Gasteiger partial charge in [0.1, 0.15) is 4.90 Å². The molecule has 0 unspecified atom stereocenters. The summed E-state index contributed by atoms with van der Waals surface area (Å²) in [7, 11) is -3.42. The monoisotopic (exact) mass is 368 g/mol. The Morgan fingerprint density at radius 2 is 1.95 bits per heavy atom. The van der Waals surface area contributed by atoms with Gasteiger partial charge in [0.2, 0.25) is 10.0 Å². The molecule has 0 aliphatic carbocycles. The molecule has 0 fully saturated rings. The maximum absolute atomic E-state index is 12.2. The van der Waals surface area contributed by atoms with Crippen LogP contribution in [0.1, 0.15) is 32.6 Å². The largest absolute Gasteiger partial charge is 0.310 e. The van der Waals surface area contributed by atoms with Crippen molar-refractivity contribution in [3.8, 4) is 0 Å². The fraction of sp³-hybridized carbons (Fsp3) is 0.667. The lowest BCUT2D eigenvalue weighted by Gasteiger charge is -2.07. The standard InChI is InChI=1S/C12H21BrN2O2S2/c1-8(2)6-15-19(16,17)11-5-10(18-12(11)13)7-14-9(3)4/h5,8-9,14-15H,6-7H2,1-4H3. The van der Waals surface area contributed by atoms with Crippen LogP contribution in [-0.2, 0) is 16.6 Å². The number of thiophene rings is 1. The smallest absolute Gasteiger partial charge is 0.242 e. The quantitative estimate of drug-likeness (QED) is 0.777. The highest BCUT2D eigenvalue weighted by molar-refractivity contribution is 9.11. The number of sulfonamides is 1. The summed E-state index contributed by atoms with van der Waals surface area (Å²) >= 11 is 4.79. The van der Waals surface area contributed by atoms with Gasteiger partial charge in [-0.15, -0.1) is 11.3 Å². The van der Waals surface area contributed by atoms with E-state index in [-0.39, 0.29) is 5.92 Å². The molecule has 1 heterocycles. The predicted molar refractivity (Wildman–Crippen MR) is 84.0 cm³/mol. The summed E-state index contributed by atoms with van der Waals surface area (Å²) in [5.41, 5.74) is 0. The molecule has 0 bridgehead atoms. The summed E-state index contributed by atoms with van der Waals surface area (Å²) in [6.45, 7) is 9.20. The summed E-state index contributed by atoms with van der Waals surface area (Å²) < 4.78 is 27.6. The molecule has 0 aromatic carbocycles.